The van der Waals surface area contributed by atoms with Crippen LogP contribution >= 0.6 is 0 Å². The molecule has 0 atom stereocenters. The van der Waals surface area contributed by atoms with E-state index in [2.05, 4.69) is 0 Å². The van der Waals surface area contributed by atoms with Gasteiger partial charge in [0.2, 0.25) is 14.7 Å². The van der Waals surface area contributed by atoms with Crippen LogP contribution in [0.3, 0.4) is 0 Å². The fourth-order valence-corrected chi connectivity index (χ4v) is 4.74. The molecule has 1 aliphatic heterocycles. The van der Waals surface area contributed by atoms with Gasteiger partial charge in [-0.05, 0) is 30.3 Å². The number of ether oxygens (including phenoxy) is 1. The first-order chi connectivity index (χ1) is 10.7. The molecule has 0 saturated heterocycles. The molecular formula is C18H11F2OS+. The third kappa shape index (κ3) is 2.07. The lowest BCUT2D eigenvalue weighted by Crippen LogP contribution is -2.13. The van der Waals surface area contributed by atoms with Gasteiger partial charge < -0.3 is 4.74 Å². The minimum Gasteiger partial charge on any atom is -0.447 e. The molecule has 0 spiro atoms. The van der Waals surface area contributed by atoms with Gasteiger partial charge in [-0.2, -0.15) is 0 Å². The Labute approximate surface area is 129 Å². The summed E-state index contributed by atoms with van der Waals surface area (Å²) in [5.74, 6) is 0.330. The molecule has 22 heavy (non-hydrogen) atoms. The fourth-order valence-electron chi connectivity index (χ4n) is 2.52. The Bertz CT molecular complexity index is 818. The largest absolute Gasteiger partial charge is 0.447 e. The van der Waals surface area contributed by atoms with E-state index in [-0.39, 0.29) is 0 Å². The normalized spacial score (nSPS) is 13.2. The molecule has 108 valence electrons. The second kappa shape index (κ2) is 5.14. The van der Waals surface area contributed by atoms with Crippen molar-refractivity contribution >= 4 is 10.9 Å². The molecule has 0 amide bonds. The summed E-state index contributed by atoms with van der Waals surface area (Å²) in [7, 11) is -0.644. The highest BCUT2D eigenvalue weighted by Crippen LogP contribution is 2.47. The lowest BCUT2D eigenvalue weighted by atomic mass is 10.3. The topological polar surface area (TPSA) is 9.23 Å². The Balaban J connectivity index is 1.98. The van der Waals surface area contributed by atoms with Crippen molar-refractivity contribution in [3.63, 3.8) is 0 Å². The van der Waals surface area contributed by atoms with Gasteiger partial charge in [0.1, 0.15) is 16.7 Å². The molecule has 0 aliphatic carbocycles. The number of para-hydroxylation sites is 2. The molecule has 4 heteroatoms. The summed E-state index contributed by atoms with van der Waals surface area (Å²) in [5.41, 5.74) is 0. The van der Waals surface area contributed by atoms with Crippen molar-refractivity contribution in [2.45, 2.75) is 14.7 Å². The maximum absolute atomic E-state index is 14.3. The lowest BCUT2D eigenvalue weighted by Gasteiger charge is -2.19. The van der Waals surface area contributed by atoms with Crippen LogP contribution in [0.5, 0.6) is 11.5 Å². The van der Waals surface area contributed by atoms with Crippen molar-refractivity contribution in [1.29, 1.82) is 0 Å². The van der Waals surface area contributed by atoms with Crippen molar-refractivity contribution < 1.29 is 13.5 Å². The summed E-state index contributed by atoms with van der Waals surface area (Å²) < 4.78 is 33.5. The number of halogens is 2. The Morgan fingerprint density at radius 2 is 1.27 bits per heavy atom. The SMILES string of the molecule is Fc1ccc([S+]2c3ccccc3Oc3ccccc32)c(F)c1. The molecule has 1 heterocycles. The third-order valence-corrected chi connectivity index (χ3v) is 5.80. The number of hydrogen-bond acceptors (Lipinski definition) is 1. The number of rotatable bonds is 1. The minimum absolute atomic E-state index is 0.476. The smallest absolute Gasteiger partial charge is 0.209 e. The lowest BCUT2D eigenvalue weighted by molar-refractivity contribution is 0.452. The number of hydrogen-bond donors (Lipinski definition) is 0. The molecule has 0 unspecified atom stereocenters. The van der Waals surface area contributed by atoms with E-state index >= 15 is 0 Å². The van der Waals surface area contributed by atoms with Gasteiger partial charge in [0, 0.05) is 12.1 Å². The van der Waals surface area contributed by atoms with Crippen molar-refractivity contribution in [1.82, 2.24) is 0 Å². The highest BCUT2D eigenvalue weighted by atomic mass is 32.2. The van der Waals surface area contributed by atoms with Crippen LogP contribution in [-0.4, -0.2) is 0 Å². The summed E-state index contributed by atoms with van der Waals surface area (Å²) in [6.45, 7) is 0. The second-order valence-corrected chi connectivity index (χ2v) is 6.81. The van der Waals surface area contributed by atoms with Crippen molar-refractivity contribution in [3.05, 3.63) is 78.4 Å². The second-order valence-electron chi connectivity index (χ2n) is 4.88. The molecule has 1 aliphatic rings. The van der Waals surface area contributed by atoms with Crippen molar-refractivity contribution in [2.75, 3.05) is 0 Å². The quantitative estimate of drug-likeness (QED) is 0.441. The van der Waals surface area contributed by atoms with E-state index in [0.29, 0.717) is 16.4 Å². The van der Waals surface area contributed by atoms with E-state index in [9.17, 15) is 8.78 Å². The van der Waals surface area contributed by atoms with Gasteiger partial charge in [-0.3, -0.25) is 0 Å². The minimum atomic E-state index is -0.644. The molecular weight excluding hydrogens is 302 g/mol. The fraction of sp³-hybridized carbons (Fsp3) is 0. The zero-order valence-electron chi connectivity index (χ0n) is 11.4. The first-order valence-corrected chi connectivity index (χ1v) is 8.02. The predicted octanol–water partition coefficient (Wildman–Crippen LogP) is 5.17. The third-order valence-electron chi connectivity index (χ3n) is 3.47. The van der Waals surface area contributed by atoms with E-state index in [4.69, 9.17) is 4.74 Å². The van der Waals surface area contributed by atoms with Gasteiger partial charge in [-0.1, -0.05) is 24.3 Å². The average Bonchev–Trinajstić information content (AvgIpc) is 2.53. The standard InChI is InChI=1S/C18H11F2OS/c19-12-9-10-16(13(20)11-12)22-17-7-3-1-5-14(17)21-15-6-2-4-8-18(15)22/h1-11H/q+1. The molecule has 0 N–H and O–H groups in total. The van der Waals surface area contributed by atoms with Gasteiger partial charge in [-0.25, -0.2) is 8.78 Å². The summed E-state index contributed by atoms with van der Waals surface area (Å²) in [6, 6.07) is 18.9. The van der Waals surface area contributed by atoms with Gasteiger partial charge in [0.15, 0.2) is 17.3 Å². The number of benzene rings is 3. The number of fused-ring (bicyclic) bond motifs is 2. The highest BCUT2D eigenvalue weighted by Gasteiger charge is 2.40. The van der Waals surface area contributed by atoms with Crippen LogP contribution < -0.4 is 4.74 Å². The van der Waals surface area contributed by atoms with Crippen molar-refractivity contribution in [2.24, 2.45) is 0 Å². The Kier molecular flexibility index (Phi) is 3.12. The monoisotopic (exact) mass is 313 g/mol. The van der Waals surface area contributed by atoms with E-state index in [1.54, 1.807) is 0 Å². The zero-order chi connectivity index (χ0) is 15.1. The van der Waals surface area contributed by atoms with Crippen molar-refractivity contribution in [3.8, 4) is 11.5 Å². The van der Waals surface area contributed by atoms with Gasteiger partial charge in [-0.15, -0.1) is 0 Å². The van der Waals surface area contributed by atoms with E-state index < -0.39 is 22.5 Å². The molecule has 0 saturated carbocycles. The molecule has 0 bridgehead atoms. The van der Waals surface area contributed by atoms with Crippen LogP contribution in [0.1, 0.15) is 0 Å². The summed E-state index contributed by atoms with van der Waals surface area (Å²) >= 11 is 0. The van der Waals surface area contributed by atoms with Gasteiger partial charge >= 0.3 is 0 Å². The molecule has 4 rings (SSSR count). The first-order valence-electron chi connectivity index (χ1n) is 6.79. The maximum Gasteiger partial charge on any atom is 0.209 e. The van der Waals surface area contributed by atoms with E-state index in [1.807, 2.05) is 48.5 Å². The van der Waals surface area contributed by atoms with Crippen LogP contribution in [-0.2, 0) is 10.9 Å². The van der Waals surface area contributed by atoms with Crippen LogP contribution in [0.2, 0.25) is 0 Å². The average molecular weight is 313 g/mol. The zero-order valence-corrected chi connectivity index (χ0v) is 12.2. The van der Waals surface area contributed by atoms with E-state index in [1.165, 1.54) is 12.1 Å². The van der Waals surface area contributed by atoms with Crippen LogP contribution in [0.25, 0.3) is 0 Å². The molecule has 0 aromatic heterocycles. The Morgan fingerprint density at radius 1 is 0.682 bits per heavy atom. The summed E-state index contributed by atoms with van der Waals surface area (Å²) in [6.07, 6.45) is 0. The summed E-state index contributed by atoms with van der Waals surface area (Å²) in [4.78, 5) is 2.29. The Morgan fingerprint density at radius 3 is 1.86 bits per heavy atom. The van der Waals surface area contributed by atoms with Gasteiger partial charge in [0.25, 0.3) is 0 Å². The van der Waals surface area contributed by atoms with Crippen LogP contribution in [0.4, 0.5) is 8.78 Å². The predicted molar refractivity (Wildman–Crippen MR) is 81.5 cm³/mol. The first kappa shape index (κ1) is 13.3. The molecule has 0 radical (unpaired) electrons. The van der Waals surface area contributed by atoms with Crippen LogP contribution in [0.15, 0.2) is 81.4 Å². The highest BCUT2D eigenvalue weighted by molar-refractivity contribution is 7.97. The molecule has 3 aromatic rings. The maximum atomic E-state index is 14.3. The molecule has 3 aromatic carbocycles. The van der Waals surface area contributed by atoms with Gasteiger partial charge in [0.05, 0.1) is 0 Å². The molecule has 1 nitrogen and oxygen atoms in total. The van der Waals surface area contributed by atoms with E-state index in [0.717, 1.165) is 15.9 Å². The van der Waals surface area contributed by atoms with Crippen LogP contribution in [0, 0.1) is 11.6 Å². The summed E-state index contributed by atoms with van der Waals surface area (Å²) in [5, 5.41) is 0. The Hall–Kier alpha value is -2.33. The molecule has 0 fully saturated rings.